The molecular formula is C27H38N6O4S. The summed E-state index contributed by atoms with van der Waals surface area (Å²) in [6, 6.07) is 5.26. The topological polar surface area (TPSA) is 117 Å². The van der Waals surface area contributed by atoms with Crippen LogP contribution in [0.1, 0.15) is 61.4 Å². The molecule has 5 rings (SSSR count). The van der Waals surface area contributed by atoms with Crippen LogP contribution in [0.3, 0.4) is 0 Å². The Morgan fingerprint density at radius 3 is 2.61 bits per heavy atom. The van der Waals surface area contributed by atoms with Gasteiger partial charge < -0.3 is 15.5 Å². The van der Waals surface area contributed by atoms with E-state index in [0.717, 1.165) is 62.3 Å². The van der Waals surface area contributed by atoms with Crippen molar-refractivity contribution in [2.75, 3.05) is 32.7 Å². The number of piperidine rings is 1. The Morgan fingerprint density at radius 2 is 1.84 bits per heavy atom. The molecule has 0 bridgehead atoms. The molecule has 0 radical (unpaired) electrons. The number of amides is 2. The number of sulfonamides is 1. The van der Waals surface area contributed by atoms with Crippen molar-refractivity contribution in [3.63, 3.8) is 0 Å². The van der Waals surface area contributed by atoms with Crippen molar-refractivity contribution in [1.82, 2.24) is 29.6 Å². The molecule has 2 fully saturated rings. The monoisotopic (exact) mass is 542 g/mol. The van der Waals surface area contributed by atoms with Crippen LogP contribution in [0.25, 0.3) is 0 Å². The number of benzene rings is 1. The van der Waals surface area contributed by atoms with Crippen LogP contribution in [-0.2, 0) is 32.6 Å². The van der Waals surface area contributed by atoms with Crippen molar-refractivity contribution < 1.29 is 18.0 Å². The van der Waals surface area contributed by atoms with Gasteiger partial charge in [-0.05, 0) is 64.3 Å². The van der Waals surface area contributed by atoms with Crippen molar-refractivity contribution >= 4 is 21.8 Å². The Labute approximate surface area is 224 Å². The van der Waals surface area contributed by atoms with Crippen LogP contribution >= 0.6 is 0 Å². The lowest BCUT2D eigenvalue weighted by Gasteiger charge is -2.34. The van der Waals surface area contributed by atoms with E-state index in [4.69, 9.17) is 0 Å². The molecule has 2 atom stereocenters. The summed E-state index contributed by atoms with van der Waals surface area (Å²) in [4.78, 5) is 28.5. The minimum absolute atomic E-state index is 0.122. The largest absolute Gasteiger partial charge is 0.353 e. The average molecular weight is 543 g/mol. The standard InChI is InChI=1S/C27H38N6O4S/c1-20-8-10-21(11-9-20)38(36,37)33-15-12-28-27(35)25(33)18-26(34)30-23-6-5-7-24-22(23)19-29-32(24)17-16-31-13-3-2-4-14-31/h8-11,19,23,25H,2-7,12-18H2,1H3,(H,28,35)(H,30,34)/t23?,25-/m1/s1. The van der Waals surface area contributed by atoms with E-state index in [0.29, 0.717) is 0 Å². The van der Waals surface area contributed by atoms with E-state index >= 15 is 0 Å². The number of nitrogens with one attached hydrogen (secondary N) is 2. The van der Waals surface area contributed by atoms with E-state index in [-0.39, 0.29) is 36.4 Å². The molecule has 2 amide bonds. The van der Waals surface area contributed by atoms with Crippen LogP contribution in [-0.4, -0.2) is 78.0 Å². The zero-order valence-electron chi connectivity index (χ0n) is 22.1. The van der Waals surface area contributed by atoms with Crippen LogP contribution < -0.4 is 10.6 Å². The number of rotatable bonds is 8. The number of nitrogens with zero attached hydrogens (tertiary/aromatic N) is 4. The van der Waals surface area contributed by atoms with Crippen LogP contribution in [0.15, 0.2) is 35.4 Å². The summed E-state index contributed by atoms with van der Waals surface area (Å²) in [5.41, 5.74) is 3.14. The molecule has 1 unspecified atom stereocenters. The van der Waals surface area contributed by atoms with Gasteiger partial charge >= 0.3 is 0 Å². The Morgan fingerprint density at radius 1 is 1.08 bits per heavy atom. The molecule has 10 nitrogen and oxygen atoms in total. The number of piperazine rings is 1. The average Bonchev–Trinajstić information content (AvgIpc) is 3.33. The van der Waals surface area contributed by atoms with Gasteiger partial charge in [-0.3, -0.25) is 14.3 Å². The molecule has 2 saturated heterocycles. The molecule has 11 heteroatoms. The number of aromatic nitrogens is 2. The molecule has 1 aliphatic carbocycles. The third kappa shape index (κ3) is 5.79. The molecule has 38 heavy (non-hydrogen) atoms. The van der Waals surface area contributed by atoms with Gasteiger partial charge in [0, 0.05) is 30.9 Å². The van der Waals surface area contributed by atoms with Gasteiger partial charge in [0.15, 0.2) is 0 Å². The predicted octanol–water partition coefficient (Wildman–Crippen LogP) is 1.75. The number of hydrogen-bond donors (Lipinski definition) is 2. The lowest BCUT2D eigenvalue weighted by molar-refractivity contribution is -0.132. The zero-order valence-corrected chi connectivity index (χ0v) is 22.9. The fourth-order valence-corrected chi connectivity index (χ4v) is 7.42. The SMILES string of the molecule is Cc1ccc(S(=O)(=O)N2CCNC(=O)[C@H]2CC(=O)NC2CCCc3c2cnn3CCN2CCCCC2)cc1. The molecule has 2 N–H and O–H groups in total. The van der Waals surface area contributed by atoms with Gasteiger partial charge in [-0.1, -0.05) is 24.1 Å². The minimum atomic E-state index is -3.93. The molecule has 1 aromatic heterocycles. The lowest BCUT2D eigenvalue weighted by Crippen LogP contribution is -2.58. The molecule has 3 heterocycles. The van der Waals surface area contributed by atoms with Crippen molar-refractivity contribution in [2.24, 2.45) is 0 Å². The Bertz CT molecular complexity index is 1250. The van der Waals surface area contributed by atoms with E-state index in [1.54, 1.807) is 24.3 Å². The second-order valence-electron chi connectivity index (χ2n) is 10.6. The maximum atomic E-state index is 13.4. The van der Waals surface area contributed by atoms with E-state index in [2.05, 4.69) is 25.3 Å². The van der Waals surface area contributed by atoms with Gasteiger partial charge in [0.2, 0.25) is 21.8 Å². The molecular weight excluding hydrogens is 504 g/mol. The number of fused-ring (bicyclic) bond motifs is 1. The van der Waals surface area contributed by atoms with E-state index < -0.39 is 22.0 Å². The maximum Gasteiger partial charge on any atom is 0.243 e. The quantitative estimate of drug-likeness (QED) is 0.525. The highest BCUT2D eigenvalue weighted by molar-refractivity contribution is 7.89. The first kappa shape index (κ1) is 26.8. The maximum absolute atomic E-state index is 13.4. The molecule has 206 valence electrons. The highest BCUT2D eigenvalue weighted by Crippen LogP contribution is 2.30. The second-order valence-corrected chi connectivity index (χ2v) is 12.5. The number of aryl methyl sites for hydroxylation is 1. The fourth-order valence-electron chi connectivity index (χ4n) is 5.83. The van der Waals surface area contributed by atoms with Crippen LogP contribution in [0.4, 0.5) is 0 Å². The Balaban J connectivity index is 1.25. The summed E-state index contributed by atoms with van der Waals surface area (Å²) in [5, 5.41) is 10.4. The van der Waals surface area contributed by atoms with Gasteiger partial charge in [0.1, 0.15) is 6.04 Å². The van der Waals surface area contributed by atoms with Gasteiger partial charge in [-0.15, -0.1) is 0 Å². The summed E-state index contributed by atoms with van der Waals surface area (Å²) < 4.78 is 30.0. The third-order valence-corrected chi connectivity index (χ3v) is 9.89. The predicted molar refractivity (Wildman–Crippen MR) is 143 cm³/mol. The minimum Gasteiger partial charge on any atom is -0.353 e. The van der Waals surface area contributed by atoms with Gasteiger partial charge in [0.25, 0.3) is 0 Å². The highest BCUT2D eigenvalue weighted by atomic mass is 32.2. The molecule has 2 aliphatic heterocycles. The van der Waals surface area contributed by atoms with E-state index in [9.17, 15) is 18.0 Å². The number of likely N-dealkylation sites (tertiary alicyclic amines) is 1. The number of hydrogen-bond acceptors (Lipinski definition) is 6. The van der Waals surface area contributed by atoms with E-state index in [1.807, 2.05) is 13.1 Å². The second kappa shape index (κ2) is 11.5. The third-order valence-electron chi connectivity index (χ3n) is 7.96. The van der Waals surface area contributed by atoms with Crippen molar-refractivity contribution in [3.8, 4) is 0 Å². The summed E-state index contributed by atoms with van der Waals surface area (Å²) in [5.74, 6) is -0.785. The summed E-state index contributed by atoms with van der Waals surface area (Å²) in [7, 11) is -3.93. The molecule has 3 aliphatic rings. The first-order valence-electron chi connectivity index (χ1n) is 13.8. The Kier molecular flexibility index (Phi) is 8.15. The normalized spacial score (nSPS) is 23.0. The molecule has 0 spiro atoms. The first-order chi connectivity index (χ1) is 18.3. The number of carbonyl (C=O) groups is 2. The van der Waals surface area contributed by atoms with Crippen LogP contribution in [0.5, 0.6) is 0 Å². The molecule has 1 aromatic carbocycles. The summed E-state index contributed by atoms with van der Waals surface area (Å²) in [6.45, 7) is 6.33. The van der Waals surface area contributed by atoms with Crippen molar-refractivity contribution in [3.05, 3.63) is 47.3 Å². The fraction of sp³-hybridized carbons (Fsp3) is 0.593. The van der Waals surface area contributed by atoms with Gasteiger partial charge in [-0.2, -0.15) is 9.40 Å². The first-order valence-corrected chi connectivity index (χ1v) is 15.2. The van der Waals surface area contributed by atoms with Crippen molar-refractivity contribution in [2.45, 2.75) is 75.4 Å². The Hall–Kier alpha value is -2.76. The van der Waals surface area contributed by atoms with Crippen molar-refractivity contribution in [1.29, 1.82) is 0 Å². The van der Waals surface area contributed by atoms with Gasteiger partial charge in [0.05, 0.1) is 30.1 Å². The molecule has 0 saturated carbocycles. The number of carbonyl (C=O) groups excluding carboxylic acids is 2. The van der Waals surface area contributed by atoms with Gasteiger partial charge in [-0.25, -0.2) is 8.42 Å². The smallest absolute Gasteiger partial charge is 0.243 e. The summed E-state index contributed by atoms with van der Waals surface area (Å²) >= 11 is 0. The highest BCUT2D eigenvalue weighted by Gasteiger charge is 2.40. The molecule has 2 aromatic rings. The van der Waals surface area contributed by atoms with E-state index in [1.165, 1.54) is 23.6 Å². The lowest BCUT2D eigenvalue weighted by atomic mass is 9.92. The summed E-state index contributed by atoms with van der Waals surface area (Å²) in [6.07, 6.45) is 8.11. The zero-order chi connectivity index (χ0) is 26.7. The van der Waals surface area contributed by atoms with Crippen LogP contribution in [0.2, 0.25) is 0 Å². The van der Waals surface area contributed by atoms with Crippen LogP contribution in [0, 0.1) is 6.92 Å².